The van der Waals surface area contributed by atoms with Crippen LogP contribution in [0.25, 0.3) is 0 Å². The van der Waals surface area contributed by atoms with Crippen molar-refractivity contribution in [2.24, 2.45) is 0 Å². The molecule has 0 unspecified atom stereocenters. The fourth-order valence-electron chi connectivity index (χ4n) is 5.07. The Labute approximate surface area is 274 Å². The first-order valence-corrected chi connectivity index (χ1v) is 18.3. The van der Waals surface area contributed by atoms with E-state index in [0.717, 1.165) is 32.8 Å². The Bertz CT molecular complexity index is 823. The minimum absolute atomic E-state index is 0.500. The summed E-state index contributed by atoms with van der Waals surface area (Å²) in [5.74, 6) is 0. The van der Waals surface area contributed by atoms with E-state index in [1.54, 1.807) is 22.5 Å². The van der Waals surface area contributed by atoms with Crippen molar-refractivity contribution in [1.29, 1.82) is 0 Å². The number of allylic oxidation sites excluding steroid dienone is 2. The maximum atomic E-state index is 5.07. The molecule has 4 heteroatoms. The lowest BCUT2D eigenvalue weighted by Crippen LogP contribution is -2.11. The van der Waals surface area contributed by atoms with Crippen LogP contribution in [0.1, 0.15) is 107 Å². The second-order valence-corrected chi connectivity index (χ2v) is 12.2. The average molecular weight is 621 g/mol. The molecule has 0 spiro atoms. The molecule has 3 heterocycles. The molecule has 44 heavy (non-hydrogen) atoms. The molecule has 244 valence electrons. The van der Waals surface area contributed by atoms with E-state index < -0.39 is 0 Å². The first kappa shape index (κ1) is 37.9. The van der Waals surface area contributed by atoms with Crippen LogP contribution >= 0.6 is 11.3 Å². The van der Waals surface area contributed by atoms with Crippen molar-refractivity contribution >= 4 is 11.3 Å². The zero-order valence-electron chi connectivity index (χ0n) is 27.4. The highest BCUT2D eigenvalue weighted by Crippen LogP contribution is 2.20. The summed E-state index contributed by atoms with van der Waals surface area (Å²) in [6.45, 7) is 4.25. The molecule has 0 N–H and O–H groups in total. The van der Waals surface area contributed by atoms with Gasteiger partial charge in [0.2, 0.25) is 0 Å². The van der Waals surface area contributed by atoms with E-state index in [2.05, 4.69) is 36.4 Å². The fourth-order valence-corrected chi connectivity index (χ4v) is 5.53. The Hall–Kier alpha value is -2.24. The van der Waals surface area contributed by atoms with Gasteiger partial charge in [-0.15, -0.1) is 0 Å². The number of fused-ring (bicyclic) bond motifs is 1. The van der Waals surface area contributed by atoms with Gasteiger partial charge in [-0.3, -0.25) is 0 Å². The van der Waals surface area contributed by atoms with Gasteiger partial charge >= 0.3 is 0 Å². The Kier molecular flexibility index (Phi) is 26.5. The molecular weight excluding hydrogens is 561 g/mol. The van der Waals surface area contributed by atoms with Gasteiger partial charge in [-0.1, -0.05) is 123 Å². The van der Waals surface area contributed by atoms with Gasteiger partial charge < -0.3 is 14.2 Å². The Morgan fingerprint density at radius 1 is 0.386 bits per heavy atom. The first-order valence-electron chi connectivity index (χ1n) is 17.4. The van der Waals surface area contributed by atoms with E-state index >= 15 is 0 Å². The molecule has 8 rings (SSSR count). The highest BCUT2D eigenvalue weighted by Gasteiger charge is 2.07. The fraction of sp³-hybridized carbons (Fsp3) is 0.550. The third kappa shape index (κ3) is 24.1. The topological polar surface area (TPSA) is 27.7 Å². The van der Waals surface area contributed by atoms with Crippen molar-refractivity contribution in [2.45, 2.75) is 109 Å². The van der Waals surface area contributed by atoms with E-state index in [1.807, 2.05) is 59.3 Å². The Morgan fingerprint density at radius 3 is 1.07 bits per heavy atom. The molecule has 1 aromatic heterocycles. The van der Waals surface area contributed by atoms with E-state index in [4.69, 9.17) is 14.2 Å². The van der Waals surface area contributed by atoms with Crippen molar-refractivity contribution in [3.8, 4) is 0 Å². The molecule has 1 saturated carbocycles. The average Bonchev–Trinajstić information content (AvgIpc) is 3.90. The molecule has 3 aliphatic carbocycles. The molecule has 0 radical (unpaired) electrons. The van der Waals surface area contributed by atoms with E-state index in [9.17, 15) is 0 Å². The summed E-state index contributed by atoms with van der Waals surface area (Å²) in [6, 6.07) is 24.8. The number of ether oxygens (including phenoxy) is 3. The Morgan fingerprint density at radius 2 is 0.818 bits per heavy atom. The van der Waals surface area contributed by atoms with Crippen LogP contribution in [-0.2, 0) is 27.1 Å². The smallest absolute Gasteiger partial charge is 0.146 e. The third-order valence-electron chi connectivity index (χ3n) is 7.58. The van der Waals surface area contributed by atoms with Gasteiger partial charge in [0.25, 0.3) is 0 Å². The van der Waals surface area contributed by atoms with Gasteiger partial charge in [-0.2, -0.15) is 11.3 Å². The van der Waals surface area contributed by atoms with Gasteiger partial charge in [0.1, 0.15) is 6.79 Å². The highest BCUT2D eigenvalue weighted by atomic mass is 32.1. The van der Waals surface area contributed by atoms with E-state index in [-0.39, 0.29) is 0 Å². The van der Waals surface area contributed by atoms with Gasteiger partial charge in [-0.25, -0.2) is 0 Å². The molecule has 2 aliphatic heterocycles. The molecule has 3 nitrogen and oxygen atoms in total. The number of rotatable bonds is 0. The molecule has 2 aromatic carbocycles. The second-order valence-electron chi connectivity index (χ2n) is 11.4. The number of hydrogen-bond acceptors (Lipinski definition) is 4. The number of aryl methyl sites for hydroxylation is 2. The molecule has 0 bridgehead atoms. The van der Waals surface area contributed by atoms with Gasteiger partial charge in [0.05, 0.1) is 13.2 Å². The summed E-state index contributed by atoms with van der Waals surface area (Å²) in [5, 5.41) is 4.08. The molecule has 3 aromatic rings. The van der Waals surface area contributed by atoms with E-state index in [0.29, 0.717) is 6.79 Å². The molecule has 5 aliphatic rings. The quantitative estimate of drug-likeness (QED) is 0.234. The summed E-state index contributed by atoms with van der Waals surface area (Å²) >= 11 is 1.71. The second kappa shape index (κ2) is 30.8. The predicted octanol–water partition coefficient (Wildman–Crippen LogP) is 11.6. The Balaban J connectivity index is 0.000000181. The normalized spacial score (nSPS) is 17.9. The van der Waals surface area contributed by atoms with Crippen LogP contribution in [0.15, 0.2) is 95.7 Å². The van der Waals surface area contributed by atoms with Crippen molar-refractivity contribution < 1.29 is 14.2 Å². The van der Waals surface area contributed by atoms with Crippen LogP contribution < -0.4 is 0 Å². The molecule has 0 amide bonds. The zero-order chi connectivity index (χ0) is 30.9. The minimum Gasteiger partial charge on any atom is -0.381 e. The van der Waals surface area contributed by atoms with Gasteiger partial charge in [0.15, 0.2) is 0 Å². The minimum atomic E-state index is 0.500. The molecule has 2 saturated heterocycles. The summed E-state index contributed by atoms with van der Waals surface area (Å²) < 4.78 is 14.8. The van der Waals surface area contributed by atoms with Crippen LogP contribution in [0.2, 0.25) is 0 Å². The summed E-state index contributed by atoms with van der Waals surface area (Å²) in [4.78, 5) is 0. The summed E-state index contributed by atoms with van der Waals surface area (Å²) in [6.07, 6.45) is 28.0. The van der Waals surface area contributed by atoms with Crippen molar-refractivity contribution in [3.63, 3.8) is 0 Å². The van der Waals surface area contributed by atoms with Crippen molar-refractivity contribution in [1.82, 2.24) is 0 Å². The molecular formula is C40H60O3S. The van der Waals surface area contributed by atoms with Gasteiger partial charge in [0, 0.05) is 13.2 Å². The highest BCUT2D eigenvalue weighted by molar-refractivity contribution is 7.07. The molecule has 3 fully saturated rings. The zero-order valence-corrected chi connectivity index (χ0v) is 28.2. The van der Waals surface area contributed by atoms with Crippen molar-refractivity contribution in [2.75, 3.05) is 33.2 Å². The monoisotopic (exact) mass is 620 g/mol. The maximum Gasteiger partial charge on any atom is 0.146 e. The third-order valence-corrected chi connectivity index (χ3v) is 8.21. The predicted molar refractivity (Wildman–Crippen MR) is 191 cm³/mol. The van der Waals surface area contributed by atoms with Crippen LogP contribution in [0.3, 0.4) is 0 Å². The summed E-state index contributed by atoms with van der Waals surface area (Å²) in [7, 11) is 0. The summed E-state index contributed by atoms with van der Waals surface area (Å²) in [5.41, 5.74) is 3.13. The van der Waals surface area contributed by atoms with Crippen LogP contribution in [0.5, 0.6) is 0 Å². The number of benzene rings is 2. The number of hydrogen-bond donors (Lipinski definition) is 0. The largest absolute Gasteiger partial charge is 0.381 e. The van der Waals surface area contributed by atoms with Crippen LogP contribution in [0.4, 0.5) is 0 Å². The standard InChI is InChI=1S/C9H10.C6H12.C6H10.C6H6.C5H10O.C4H8O2.C4H4S/c1-2-5-9-7-3-6-8(9)4-1;4*1-2-4-6-5-3-1;1-2-5-4-6-3-1;1-2-4-5-3-1/h1-2,4-5H,3,6-7H2;1-6H2;1-2H,3-6H2;1-6H;1-5H2;1-4H2;1-4H. The SMILES string of the molecule is C1=CCCCC1.C1CCCCC1.C1CCOCC1.C1COCOC1.c1ccc2c(c1)CCC2.c1ccccc1.c1ccsc1. The van der Waals surface area contributed by atoms with E-state index in [1.165, 1.54) is 103 Å². The van der Waals surface area contributed by atoms with Crippen LogP contribution in [-0.4, -0.2) is 33.2 Å². The lowest BCUT2D eigenvalue weighted by Gasteiger charge is -2.09. The first-order chi connectivity index (χ1) is 22.0. The van der Waals surface area contributed by atoms with Gasteiger partial charge in [-0.05, 0) is 92.5 Å². The van der Waals surface area contributed by atoms with Crippen LogP contribution in [0, 0.1) is 0 Å². The van der Waals surface area contributed by atoms with Crippen molar-refractivity contribution in [3.05, 3.63) is 107 Å². The lowest BCUT2D eigenvalue weighted by molar-refractivity contribution is -0.0963. The number of thiophene rings is 1. The lowest BCUT2D eigenvalue weighted by atomic mass is 10.0. The molecule has 0 atom stereocenters. The maximum absolute atomic E-state index is 5.07.